The maximum Gasteiger partial charge on any atom is 0.311 e. The van der Waals surface area contributed by atoms with Crippen LogP contribution in [0.15, 0.2) is 36.4 Å². The number of halogens is 2. The minimum Gasteiger partial charge on any atom is -0.452 e. The minimum absolute atomic E-state index is 0.0130. The van der Waals surface area contributed by atoms with Crippen LogP contribution < -0.4 is 5.32 Å². The molecule has 0 radical (unpaired) electrons. The molecule has 4 nitrogen and oxygen atoms in total. The molecule has 0 fully saturated rings. The Morgan fingerprint density at radius 1 is 1.19 bits per heavy atom. The Morgan fingerprint density at radius 3 is 2.73 bits per heavy atom. The molecule has 2 aromatic rings. The van der Waals surface area contributed by atoms with Crippen LogP contribution in [0.25, 0.3) is 0 Å². The largest absolute Gasteiger partial charge is 0.452 e. The molecule has 0 bridgehead atoms. The molecule has 1 aliphatic rings. The summed E-state index contributed by atoms with van der Waals surface area (Å²) in [6, 6.07) is 9.90. The van der Waals surface area contributed by atoms with E-state index < -0.39 is 23.8 Å². The molecule has 1 amide bonds. The number of benzene rings is 2. The number of aryl methyl sites for hydroxylation is 2. The van der Waals surface area contributed by atoms with Gasteiger partial charge >= 0.3 is 5.97 Å². The number of carbonyl (C=O) groups is 2. The number of amides is 1. The van der Waals surface area contributed by atoms with Gasteiger partial charge in [-0.25, -0.2) is 4.39 Å². The normalized spacial score (nSPS) is 13.8. The molecule has 0 aliphatic heterocycles. The predicted octanol–water partition coefficient (Wildman–Crippen LogP) is 4.08. The second-order valence-electron chi connectivity index (χ2n) is 6.38. The third kappa shape index (κ3) is 4.41. The average molecular weight is 376 g/mol. The highest BCUT2D eigenvalue weighted by Gasteiger charge is 2.20. The summed E-state index contributed by atoms with van der Waals surface area (Å²) in [7, 11) is 0. The Balaban J connectivity index is 1.55. The number of rotatable bonds is 5. The summed E-state index contributed by atoms with van der Waals surface area (Å²) in [4.78, 5) is 24.2. The first-order valence-corrected chi connectivity index (χ1v) is 8.86. The van der Waals surface area contributed by atoms with E-state index in [1.807, 2.05) is 18.2 Å². The van der Waals surface area contributed by atoms with Crippen molar-refractivity contribution < 1.29 is 18.7 Å². The summed E-state index contributed by atoms with van der Waals surface area (Å²) in [5, 5.41) is 2.62. The third-order valence-corrected chi connectivity index (χ3v) is 4.61. The zero-order valence-electron chi connectivity index (χ0n) is 14.4. The molecule has 0 spiro atoms. The fourth-order valence-electron chi connectivity index (χ4n) is 3.02. The molecule has 26 heavy (non-hydrogen) atoms. The van der Waals surface area contributed by atoms with Crippen LogP contribution in [-0.2, 0) is 33.6 Å². The molecule has 0 saturated carbocycles. The molecule has 1 N–H and O–H groups in total. The molecule has 0 aromatic heterocycles. The Bertz CT molecular complexity index is 853. The number of ether oxygens (including phenoxy) is 1. The number of carbonyl (C=O) groups excluding carboxylic acids is 2. The van der Waals surface area contributed by atoms with Crippen molar-refractivity contribution in [3.63, 3.8) is 0 Å². The lowest BCUT2D eigenvalue weighted by Crippen LogP contribution is -2.30. The summed E-state index contributed by atoms with van der Waals surface area (Å²) in [5.74, 6) is -1.75. The van der Waals surface area contributed by atoms with Crippen molar-refractivity contribution in [2.24, 2.45) is 0 Å². The lowest BCUT2D eigenvalue weighted by Gasteiger charge is -2.14. The highest BCUT2D eigenvalue weighted by atomic mass is 35.5. The highest BCUT2D eigenvalue weighted by molar-refractivity contribution is 6.30. The summed E-state index contributed by atoms with van der Waals surface area (Å²) < 4.78 is 18.9. The molecular formula is C20H19ClFNO3. The van der Waals surface area contributed by atoms with E-state index in [1.165, 1.54) is 30.2 Å². The fourth-order valence-corrected chi connectivity index (χ4v) is 3.18. The second kappa shape index (κ2) is 7.87. The summed E-state index contributed by atoms with van der Waals surface area (Å²) in [6.07, 6.45) is 2.32. The van der Waals surface area contributed by atoms with E-state index in [-0.39, 0.29) is 17.1 Å². The standard InChI is InChI=1S/C20H19ClFNO3/c1-12(20(25)23-18-8-7-16(21)11-17(18)22)26-19(24)10-13-5-6-14-3-2-4-15(14)9-13/h5-9,11-12H,2-4,10H2,1H3,(H,23,25)/t12-/m1/s1. The van der Waals surface area contributed by atoms with E-state index in [4.69, 9.17) is 16.3 Å². The van der Waals surface area contributed by atoms with Crippen LogP contribution in [0.2, 0.25) is 5.02 Å². The van der Waals surface area contributed by atoms with Gasteiger partial charge in [0.05, 0.1) is 12.1 Å². The molecule has 2 aromatic carbocycles. The Morgan fingerprint density at radius 2 is 1.96 bits per heavy atom. The molecule has 0 unspecified atom stereocenters. The van der Waals surface area contributed by atoms with Gasteiger partial charge in [0.2, 0.25) is 0 Å². The first-order valence-electron chi connectivity index (χ1n) is 8.48. The molecule has 6 heteroatoms. The van der Waals surface area contributed by atoms with Crippen molar-refractivity contribution in [1.29, 1.82) is 0 Å². The van der Waals surface area contributed by atoms with Gasteiger partial charge in [-0.1, -0.05) is 29.8 Å². The first-order chi connectivity index (χ1) is 12.4. The predicted molar refractivity (Wildman–Crippen MR) is 97.8 cm³/mol. The minimum atomic E-state index is -1.04. The lowest BCUT2D eigenvalue weighted by atomic mass is 10.0. The average Bonchev–Trinajstić information content (AvgIpc) is 3.04. The molecule has 136 valence electrons. The van der Waals surface area contributed by atoms with Crippen LogP contribution in [-0.4, -0.2) is 18.0 Å². The number of nitrogens with one attached hydrogen (secondary N) is 1. The monoisotopic (exact) mass is 375 g/mol. The Labute approximate surface area is 156 Å². The number of fused-ring (bicyclic) bond motifs is 1. The number of hydrogen-bond acceptors (Lipinski definition) is 3. The van der Waals surface area contributed by atoms with Crippen molar-refractivity contribution in [3.05, 3.63) is 63.9 Å². The van der Waals surface area contributed by atoms with Gasteiger partial charge in [-0.05, 0) is 61.1 Å². The summed E-state index contributed by atoms with van der Waals surface area (Å²) in [5.41, 5.74) is 3.46. The van der Waals surface area contributed by atoms with Crippen LogP contribution in [0, 0.1) is 5.82 Å². The SMILES string of the molecule is C[C@@H](OC(=O)Cc1ccc2c(c1)CCC2)C(=O)Nc1ccc(Cl)cc1F. The van der Waals surface area contributed by atoms with Crippen molar-refractivity contribution in [1.82, 2.24) is 0 Å². The van der Waals surface area contributed by atoms with Gasteiger partial charge in [0.1, 0.15) is 5.82 Å². The molecule has 0 heterocycles. The van der Waals surface area contributed by atoms with Gasteiger partial charge in [-0.3, -0.25) is 9.59 Å². The summed E-state index contributed by atoms with van der Waals surface area (Å²) >= 11 is 5.68. The molecular weight excluding hydrogens is 357 g/mol. The van der Waals surface area contributed by atoms with Crippen molar-refractivity contribution >= 4 is 29.2 Å². The van der Waals surface area contributed by atoms with Gasteiger partial charge in [-0.15, -0.1) is 0 Å². The highest BCUT2D eigenvalue weighted by Crippen LogP contribution is 2.23. The number of hydrogen-bond donors (Lipinski definition) is 1. The van der Waals surface area contributed by atoms with E-state index in [0.29, 0.717) is 0 Å². The number of anilines is 1. The maximum atomic E-state index is 13.7. The summed E-state index contributed by atoms with van der Waals surface area (Å²) in [6.45, 7) is 1.45. The zero-order chi connectivity index (χ0) is 18.7. The van der Waals surface area contributed by atoms with Gasteiger partial charge in [0.25, 0.3) is 5.91 Å². The third-order valence-electron chi connectivity index (χ3n) is 4.38. The topological polar surface area (TPSA) is 55.4 Å². The van der Waals surface area contributed by atoms with Crippen molar-refractivity contribution in [2.75, 3.05) is 5.32 Å². The molecule has 3 rings (SSSR count). The lowest BCUT2D eigenvalue weighted by molar-refractivity contribution is -0.152. The smallest absolute Gasteiger partial charge is 0.311 e. The van der Waals surface area contributed by atoms with Gasteiger partial charge in [0, 0.05) is 5.02 Å². The van der Waals surface area contributed by atoms with Gasteiger partial charge in [-0.2, -0.15) is 0 Å². The van der Waals surface area contributed by atoms with Gasteiger partial charge < -0.3 is 10.1 Å². The van der Waals surface area contributed by atoms with Crippen LogP contribution >= 0.6 is 11.6 Å². The van der Waals surface area contributed by atoms with Crippen LogP contribution in [0.4, 0.5) is 10.1 Å². The van der Waals surface area contributed by atoms with Crippen LogP contribution in [0.5, 0.6) is 0 Å². The van der Waals surface area contributed by atoms with E-state index >= 15 is 0 Å². The second-order valence-corrected chi connectivity index (χ2v) is 6.82. The molecule has 1 aliphatic carbocycles. The fraction of sp³-hybridized carbons (Fsp3) is 0.300. The van der Waals surface area contributed by atoms with E-state index in [2.05, 4.69) is 5.32 Å². The van der Waals surface area contributed by atoms with E-state index in [9.17, 15) is 14.0 Å². The van der Waals surface area contributed by atoms with Crippen molar-refractivity contribution in [3.8, 4) is 0 Å². The van der Waals surface area contributed by atoms with Crippen molar-refractivity contribution in [2.45, 2.75) is 38.7 Å². The van der Waals surface area contributed by atoms with E-state index in [0.717, 1.165) is 30.9 Å². The van der Waals surface area contributed by atoms with Gasteiger partial charge in [0.15, 0.2) is 6.10 Å². The maximum absolute atomic E-state index is 13.7. The first kappa shape index (κ1) is 18.4. The zero-order valence-corrected chi connectivity index (χ0v) is 15.1. The molecule has 1 atom stereocenters. The van der Waals surface area contributed by atoms with Crippen LogP contribution in [0.3, 0.4) is 0 Å². The quantitative estimate of drug-likeness (QED) is 0.801. The Kier molecular flexibility index (Phi) is 5.57. The Hall–Kier alpha value is -2.40. The van der Waals surface area contributed by atoms with E-state index in [1.54, 1.807) is 0 Å². The molecule has 0 saturated heterocycles. The number of esters is 1. The van der Waals surface area contributed by atoms with Crippen LogP contribution in [0.1, 0.15) is 30.0 Å².